The number of rotatable bonds is 4. The van der Waals surface area contributed by atoms with Gasteiger partial charge in [0.15, 0.2) is 5.89 Å². The van der Waals surface area contributed by atoms with E-state index in [1.54, 1.807) is 6.26 Å². The van der Waals surface area contributed by atoms with Gasteiger partial charge >= 0.3 is 0 Å². The predicted molar refractivity (Wildman–Crippen MR) is 78.4 cm³/mol. The number of carbonyl (C=O) groups is 1. The number of amides is 1. The molecule has 0 unspecified atom stereocenters. The quantitative estimate of drug-likeness (QED) is 0.860. The van der Waals surface area contributed by atoms with E-state index in [1.165, 1.54) is 5.56 Å². The first kappa shape index (κ1) is 13.8. The average Bonchev–Trinajstić information content (AvgIpc) is 2.88. The summed E-state index contributed by atoms with van der Waals surface area (Å²) in [5.41, 5.74) is 2.06. The van der Waals surface area contributed by atoms with Crippen LogP contribution in [0, 0.1) is 6.92 Å². The van der Waals surface area contributed by atoms with Crippen LogP contribution >= 0.6 is 0 Å². The molecule has 3 rings (SSSR count). The van der Waals surface area contributed by atoms with Gasteiger partial charge in [-0.2, -0.15) is 0 Å². The summed E-state index contributed by atoms with van der Waals surface area (Å²) in [6.45, 7) is 5.25. The Labute approximate surface area is 124 Å². The molecule has 0 aliphatic carbocycles. The molecule has 2 aromatic rings. The highest BCUT2D eigenvalue weighted by molar-refractivity contribution is 5.79. The number of aryl methyl sites for hydroxylation is 1. The van der Waals surface area contributed by atoms with Crippen LogP contribution in [0.2, 0.25) is 0 Å². The molecule has 1 fully saturated rings. The van der Waals surface area contributed by atoms with Crippen molar-refractivity contribution in [2.24, 2.45) is 0 Å². The molecule has 2 heterocycles. The lowest BCUT2D eigenvalue weighted by molar-refractivity contribution is -0.136. The van der Waals surface area contributed by atoms with E-state index in [4.69, 9.17) is 4.42 Å². The van der Waals surface area contributed by atoms with Crippen LogP contribution in [0.4, 0.5) is 0 Å². The zero-order valence-corrected chi connectivity index (χ0v) is 12.2. The normalized spacial score (nSPS) is 16.4. The fourth-order valence-electron chi connectivity index (χ4n) is 2.57. The largest absolute Gasteiger partial charge is 0.449 e. The summed E-state index contributed by atoms with van der Waals surface area (Å²) < 4.78 is 5.20. The molecule has 21 heavy (non-hydrogen) atoms. The van der Waals surface area contributed by atoms with Crippen LogP contribution < -0.4 is 0 Å². The summed E-state index contributed by atoms with van der Waals surface area (Å²) in [5.74, 6) is 0.837. The lowest BCUT2D eigenvalue weighted by Gasteiger charge is -2.33. The molecule has 1 aromatic carbocycles. The molecule has 1 aromatic heterocycles. The molecule has 110 valence electrons. The van der Waals surface area contributed by atoms with E-state index in [1.807, 2.05) is 30.0 Å². The van der Waals surface area contributed by atoms with Gasteiger partial charge in [0, 0.05) is 33.1 Å². The van der Waals surface area contributed by atoms with Gasteiger partial charge in [-0.25, -0.2) is 4.98 Å². The smallest absolute Gasteiger partial charge is 0.237 e. The Morgan fingerprint density at radius 2 is 2.00 bits per heavy atom. The van der Waals surface area contributed by atoms with Gasteiger partial charge in [-0.15, -0.1) is 0 Å². The minimum Gasteiger partial charge on any atom is -0.449 e. The fraction of sp³-hybridized carbons (Fsp3) is 0.375. The highest BCUT2D eigenvalue weighted by Gasteiger charge is 2.24. The van der Waals surface area contributed by atoms with Gasteiger partial charge in [0.1, 0.15) is 6.26 Å². The van der Waals surface area contributed by atoms with Crippen molar-refractivity contribution < 1.29 is 9.21 Å². The maximum Gasteiger partial charge on any atom is 0.237 e. The predicted octanol–water partition coefficient (Wildman–Crippen LogP) is 1.83. The molecule has 0 radical (unpaired) electrons. The van der Waals surface area contributed by atoms with Crippen molar-refractivity contribution in [3.8, 4) is 0 Å². The molecule has 1 amide bonds. The third kappa shape index (κ3) is 3.49. The first-order valence-electron chi connectivity index (χ1n) is 7.16. The molecule has 5 heteroatoms. The van der Waals surface area contributed by atoms with Gasteiger partial charge in [0.2, 0.25) is 5.91 Å². The van der Waals surface area contributed by atoms with Gasteiger partial charge in [0.05, 0.1) is 12.2 Å². The SMILES string of the molecule is Cc1nc(CN2CCN(Cc3ccccc3)C(=O)C2)co1. The van der Waals surface area contributed by atoms with Crippen molar-refractivity contribution in [2.45, 2.75) is 20.0 Å². The Bertz CT molecular complexity index is 609. The third-order valence-electron chi connectivity index (χ3n) is 3.67. The molecule has 1 aliphatic rings. The van der Waals surface area contributed by atoms with Crippen molar-refractivity contribution in [3.63, 3.8) is 0 Å². The highest BCUT2D eigenvalue weighted by Crippen LogP contribution is 2.12. The topological polar surface area (TPSA) is 49.6 Å². The van der Waals surface area contributed by atoms with E-state index in [0.29, 0.717) is 25.5 Å². The van der Waals surface area contributed by atoms with Crippen LogP contribution in [0.25, 0.3) is 0 Å². The molecule has 0 spiro atoms. The van der Waals surface area contributed by atoms with Gasteiger partial charge < -0.3 is 9.32 Å². The van der Waals surface area contributed by atoms with Gasteiger partial charge in [0.25, 0.3) is 0 Å². The summed E-state index contributed by atoms with van der Waals surface area (Å²) in [6.07, 6.45) is 1.66. The van der Waals surface area contributed by atoms with E-state index in [-0.39, 0.29) is 5.91 Å². The number of hydrogen-bond acceptors (Lipinski definition) is 4. The van der Waals surface area contributed by atoms with Crippen molar-refractivity contribution in [3.05, 3.63) is 53.7 Å². The summed E-state index contributed by atoms with van der Waals surface area (Å²) in [7, 11) is 0. The van der Waals surface area contributed by atoms with Gasteiger partial charge in [-0.05, 0) is 5.56 Å². The molecular formula is C16H19N3O2. The average molecular weight is 285 g/mol. The zero-order chi connectivity index (χ0) is 14.7. The van der Waals surface area contributed by atoms with E-state index in [0.717, 1.165) is 18.8 Å². The van der Waals surface area contributed by atoms with Crippen molar-refractivity contribution in [1.29, 1.82) is 0 Å². The van der Waals surface area contributed by atoms with E-state index >= 15 is 0 Å². The van der Waals surface area contributed by atoms with Crippen molar-refractivity contribution >= 4 is 5.91 Å². The molecule has 5 nitrogen and oxygen atoms in total. The first-order valence-corrected chi connectivity index (χ1v) is 7.16. The Balaban J connectivity index is 1.55. The summed E-state index contributed by atoms with van der Waals surface area (Å²) in [5, 5.41) is 0. The number of aromatic nitrogens is 1. The molecule has 0 saturated carbocycles. The summed E-state index contributed by atoms with van der Waals surface area (Å²) >= 11 is 0. The molecule has 0 bridgehead atoms. The lowest BCUT2D eigenvalue weighted by atomic mass is 10.2. The Kier molecular flexibility index (Phi) is 4.01. The fourth-order valence-corrected chi connectivity index (χ4v) is 2.57. The Morgan fingerprint density at radius 3 is 2.67 bits per heavy atom. The summed E-state index contributed by atoms with van der Waals surface area (Å²) in [4.78, 5) is 20.6. The number of nitrogens with zero attached hydrogens (tertiary/aromatic N) is 3. The van der Waals surface area contributed by atoms with Crippen LogP contribution in [-0.4, -0.2) is 40.3 Å². The minimum atomic E-state index is 0.172. The number of carbonyl (C=O) groups excluding carboxylic acids is 1. The van der Waals surface area contributed by atoms with E-state index in [9.17, 15) is 4.79 Å². The second-order valence-electron chi connectivity index (χ2n) is 5.37. The second kappa shape index (κ2) is 6.10. The third-order valence-corrected chi connectivity index (χ3v) is 3.67. The second-order valence-corrected chi connectivity index (χ2v) is 5.37. The van der Waals surface area contributed by atoms with Crippen LogP contribution in [0.15, 0.2) is 41.0 Å². The van der Waals surface area contributed by atoms with Crippen LogP contribution in [0.3, 0.4) is 0 Å². The number of benzene rings is 1. The van der Waals surface area contributed by atoms with E-state index < -0.39 is 0 Å². The van der Waals surface area contributed by atoms with Crippen molar-refractivity contribution in [1.82, 2.24) is 14.8 Å². The van der Waals surface area contributed by atoms with Crippen molar-refractivity contribution in [2.75, 3.05) is 19.6 Å². The van der Waals surface area contributed by atoms with Gasteiger partial charge in [-0.3, -0.25) is 9.69 Å². The van der Waals surface area contributed by atoms with Crippen LogP contribution in [-0.2, 0) is 17.9 Å². The van der Waals surface area contributed by atoms with Crippen LogP contribution in [0.5, 0.6) is 0 Å². The van der Waals surface area contributed by atoms with Gasteiger partial charge in [-0.1, -0.05) is 30.3 Å². The Hall–Kier alpha value is -2.14. The standard InChI is InChI=1S/C16H19N3O2/c1-13-17-15(12-21-13)10-18-7-8-19(16(20)11-18)9-14-5-3-2-4-6-14/h2-6,12H,7-11H2,1H3. The molecule has 0 atom stereocenters. The zero-order valence-electron chi connectivity index (χ0n) is 12.2. The number of oxazole rings is 1. The molecule has 0 N–H and O–H groups in total. The minimum absolute atomic E-state index is 0.172. The number of piperazine rings is 1. The molecule has 1 saturated heterocycles. The summed E-state index contributed by atoms with van der Waals surface area (Å²) in [6, 6.07) is 10.1. The highest BCUT2D eigenvalue weighted by atomic mass is 16.3. The van der Waals surface area contributed by atoms with E-state index in [2.05, 4.69) is 22.0 Å². The molecular weight excluding hydrogens is 266 g/mol. The first-order chi connectivity index (χ1) is 10.2. The number of hydrogen-bond donors (Lipinski definition) is 0. The molecule has 1 aliphatic heterocycles. The van der Waals surface area contributed by atoms with Crippen LogP contribution in [0.1, 0.15) is 17.1 Å². The monoisotopic (exact) mass is 285 g/mol. The Morgan fingerprint density at radius 1 is 1.19 bits per heavy atom. The maximum absolute atomic E-state index is 12.2. The lowest BCUT2D eigenvalue weighted by Crippen LogP contribution is -2.49. The maximum atomic E-state index is 12.2.